The van der Waals surface area contributed by atoms with Gasteiger partial charge in [0.15, 0.2) is 6.29 Å². The molecule has 0 saturated heterocycles. The zero-order valence-electron chi connectivity index (χ0n) is 9.12. The van der Waals surface area contributed by atoms with Crippen molar-refractivity contribution in [3.8, 4) is 5.69 Å². The number of nitrogens with zero attached hydrogens (tertiary/aromatic N) is 3. The van der Waals surface area contributed by atoms with Crippen LogP contribution < -0.4 is 0 Å². The van der Waals surface area contributed by atoms with Gasteiger partial charge in [-0.15, -0.1) is 0 Å². The molecule has 2 aromatic heterocycles. The molecule has 2 heterocycles. The number of aldehydes is 1. The van der Waals surface area contributed by atoms with Crippen LogP contribution in [0.1, 0.15) is 16.1 Å². The SMILES string of the molecule is Cc1cn(-c2ccc(C=O)c3cnsc23)cn1. The molecule has 0 amide bonds. The average Bonchev–Trinajstić information content (AvgIpc) is 2.96. The van der Waals surface area contributed by atoms with E-state index in [1.54, 1.807) is 12.5 Å². The molecule has 1 aromatic carbocycles. The van der Waals surface area contributed by atoms with E-state index in [4.69, 9.17) is 0 Å². The van der Waals surface area contributed by atoms with Gasteiger partial charge in [-0.2, -0.15) is 4.37 Å². The third-order valence-electron chi connectivity index (χ3n) is 2.65. The van der Waals surface area contributed by atoms with E-state index in [-0.39, 0.29) is 0 Å². The van der Waals surface area contributed by atoms with Crippen molar-refractivity contribution in [2.24, 2.45) is 0 Å². The summed E-state index contributed by atoms with van der Waals surface area (Å²) in [6, 6.07) is 3.74. The fourth-order valence-corrected chi connectivity index (χ4v) is 2.62. The maximum absolute atomic E-state index is 10.9. The van der Waals surface area contributed by atoms with Crippen LogP contribution in [0.2, 0.25) is 0 Å². The van der Waals surface area contributed by atoms with Crippen molar-refractivity contribution in [1.29, 1.82) is 0 Å². The van der Waals surface area contributed by atoms with E-state index < -0.39 is 0 Å². The number of imidazole rings is 1. The third-order valence-corrected chi connectivity index (χ3v) is 3.47. The number of fused-ring (bicyclic) bond motifs is 1. The summed E-state index contributed by atoms with van der Waals surface area (Å²) in [5, 5.41) is 0.897. The Morgan fingerprint density at radius 2 is 2.29 bits per heavy atom. The zero-order chi connectivity index (χ0) is 11.8. The Kier molecular flexibility index (Phi) is 2.26. The summed E-state index contributed by atoms with van der Waals surface area (Å²) in [6.07, 6.45) is 6.32. The Hall–Kier alpha value is -2.01. The van der Waals surface area contributed by atoms with Crippen LogP contribution in [-0.2, 0) is 0 Å². The van der Waals surface area contributed by atoms with Crippen molar-refractivity contribution >= 4 is 27.9 Å². The first-order valence-corrected chi connectivity index (χ1v) is 5.90. The highest BCUT2D eigenvalue weighted by molar-refractivity contribution is 7.13. The maximum atomic E-state index is 10.9. The number of aryl methyl sites for hydroxylation is 1. The second-order valence-electron chi connectivity index (χ2n) is 3.78. The summed E-state index contributed by atoms with van der Waals surface area (Å²) in [5.74, 6) is 0. The van der Waals surface area contributed by atoms with Crippen LogP contribution in [0.15, 0.2) is 30.9 Å². The molecule has 3 aromatic rings. The first-order chi connectivity index (χ1) is 8.29. The molecular weight excluding hydrogens is 234 g/mol. The molecule has 0 atom stereocenters. The van der Waals surface area contributed by atoms with Gasteiger partial charge in [0, 0.05) is 23.3 Å². The van der Waals surface area contributed by atoms with Gasteiger partial charge in [-0.1, -0.05) is 0 Å². The molecule has 0 bridgehead atoms. The van der Waals surface area contributed by atoms with Crippen LogP contribution in [0.25, 0.3) is 15.8 Å². The summed E-state index contributed by atoms with van der Waals surface area (Å²) in [5.41, 5.74) is 2.64. The molecule has 0 unspecified atom stereocenters. The number of carbonyl (C=O) groups excluding carboxylic acids is 1. The quantitative estimate of drug-likeness (QED) is 0.650. The van der Waals surface area contributed by atoms with Gasteiger partial charge in [-0.05, 0) is 30.6 Å². The monoisotopic (exact) mass is 243 g/mol. The van der Waals surface area contributed by atoms with E-state index in [1.807, 2.05) is 29.8 Å². The zero-order valence-corrected chi connectivity index (χ0v) is 9.94. The lowest BCUT2D eigenvalue weighted by Crippen LogP contribution is -1.91. The van der Waals surface area contributed by atoms with Crippen LogP contribution in [0.5, 0.6) is 0 Å². The smallest absolute Gasteiger partial charge is 0.150 e. The second-order valence-corrected chi connectivity index (χ2v) is 4.58. The summed E-state index contributed by atoms with van der Waals surface area (Å²) in [4.78, 5) is 15.1. The van der Waals surface area contributed by atoms with Gasteiger partial charge in [0.05, 0.1) is 22.4 Å². The van der Waals surface area contributed by atoms with Crippen LogP contribution in [0.4, 0.5) is 0 Å². The molecule has 0 N–H and O–H groups in total. The van der Waals surface area contributed by atoms with Gasteiger partial charge in [0.1, 0.15) is 0 Å². The van der Waals surface area contributed by atoms with Gasteiger partial charge in [-0.3, -0.25) is 4.79 Å². The lowest BCUT2D eigenvalue weighted by atomic mass is 10.1. The minimum Gasteiger partial charge on any atom is -0.305 e. The molecular formula is C12H9N3OS. The standard InChI is InChI=1S/C12H9N3OS/c1-8-5-15(7-13-8)11-3-2-9(6-16)10-4-14-17-12(10)11/h2-7H,1H3. The van der Waals surface area contributed by atoms with Crippen LogP contribution in [0, 0.1) is 6.92 Å². The van der Waals surface area contributed by atoms with E-state index in [0.29, 0.717) is 5.56 Å². The van der Waals surface area contributed by atoms with Gasteiger partial charge in [0.2, 0.25) is 0 Å². The highest BCUT2D eigenvalue weighted by Gasteiger charge is 2.09. The number of aromatic nitrogens is 3. The van der Waals surface area contributed by atoms with E-state index in [9.17, 15) is 4.79 Å². The van der Waals surface area contributed by atoms with Crippen LogP contribution in [0.3, 0.4) is 0 Å². The Bertz CT molecular complexity index is 699. The van der Waals surface area contributed by atoms with Crippen molar-refractivity contribution < 1.29 is 4.79 Å². The van der Waals surface area contributed by atoms with Crippen molar-refractivity contribution in [1.82, 2.24) is 13.9 Å². The number of hydrogen-bond acceptors (Lipinski definition) is 4. The molecule has 0 fully saturated rings. The fraction of sp³-hybridized carbons (Fsp3) is 0.0833. The average molecular weight is 243 g/mol. The summed E-state index contributed by atoms with van der Waals surface area (Å²) in [6.45, 7) is 1.94. The maximum Gasteiger partial charge on any atom is 0.150 e. The number of carbonyl (C=O) groups is 1. The highest BCUT2D eigenvalue weighted by atomic mass is 32.1. The molecule has 0 spiro atoms. The van der Waals surface area contributed by atoms with E-state index in [1.165, 1.54) is 11.5 Å². The predicted molar refractivity (Wildman–Crippen MR) is 66.9 cm³/mol. The normalized spacial score (nSPS) is 10.9. The number of rotatable bonds is 2. The van der Waals surface area contributed by atoms with Crippen molar-refractivity contribution in [3.63, 3.8) is 0 Å². The Balaban J connectivity index is 2.31. The minimum atomic E-state index is 0.675. The molecule has 0 aliphatic heterocycles. The first-order valence-electron chi connectivity index (χ1n) is 5.13. The molecule has 17 heavy (non-hydrogen) atoms. The Labute approximate surface area is 102 Å². The number of hydrogen-bond donors (Lipinski definition) is 0. The van der Waals surface area contributed by atoms with Crippen molar-refractivity contribution in [3.05, 3.63) is 42.1 Å². The van der Waals surface area contributed by atoms with Gasteiger partial charge in [0.25, 0.3) is 0 Å². The Morgan fingerprint density at radius 1 is 1.41 bits per heavy atom. The summed E-state index contributed by atoms with van der Waals surface area (Å²) in [7, 11) is 0. The fourth-order valence-electron chi connectivity index (χ4n) is 1.82. The van der Waals surface area contributed by atoms with Crippen LogP contribution in [-0.4, -0.2) is 20.2 Å². The molecule has 0 aliphatic carbocycles. The summed E-state index contributed by atoms with van der Waals surface area (Å²) < 4.78 is 7.11. The van der Waals surface area contributed by atoms with Gasteiger partial charge in [-0.25, -0.2) is 4.98 Å². The lowest BCUT2D eigenvalue weighted by molar-refractivity contribution is 0.112. The summed E-state index contributed by atoms with van der Waals surface area (Å²) >= 11 is 1.39. The molecule has 5 heteroatoms. The highest BCUT2D eigenvalue weighted by Crippen LogP contribution is 2.28. The molecule has 0 radical (unpaired) electrons. The molecule has 4 nitrogen and oxygen atoms in total. The van der Waals surface area contributed by atoms with Crippen molar-refractivity contribution in [2.75, 3.05) is 0 Å². The van der Waals surface area contributed by atoms with Gasteiger partial charge >= 0.3 is 0 Å². The number of benzene rings is 1. The van der Waals surface area contributed by atoms with E-state index in [2.05, 4.69) is 9.36 Å². The second kappa shape index (κ2) is 3.78. The first kappa shape index (κ1) is 10.2. The predicted octanol–water partition coefficient (Wildman–Crippen LogP) is 2.60. The lowest BCUT2D eigenvalue weighted by Gasteiger charge is -2.04. The minimum absolute atomic E-state index is 0.675. The third kappa shape index (κ3) is 1.55. The topological polar surface area (TPSA) is 47.8 Å². The molecule has 0 aliphatic rings. The van der Waals surface area contributed by atoms with E-state index >= 15 is 0 Å². The molecule has 0 saturated carbocycles. The largest absolute Gasteiger partial charge is 0.305 e. The van der Waals surface area contributed by atoms with Gasteiger partial charge < -0.3 is 4.57 Å². The van der Waals surface area contributed by atoms with Crippen molar-refractivity contribution in [2.45, 2.75) is 6.92 Å². The molecule has 3 rings (SSSR count). The van der Waals surface area contributed by atoms with E-state index in [0.717, 1.165) is 27.8 Å². The molecule has 84 valence electrons. The van der Waals surface area contributed by atoms with Crippen LogP contribution >= 0.6 is 11.5 Å². The Morgan fingerprint density at radius 3 is 3.00 bits per heavy atom.